The fraction of sp³-hybridized carbons (Fsp3) is 0.200. The van der Waals surface area contributed by atoms with Crippen LogP contribution in [0.3, 0.4) is 0 Å². The lowest BCUT2D eigenvalue weighted by molar-refractivity contribution is -0.146. The van der Waals surface area contributed by atoms with Crippen molar-refractivity contribution in [3.8, 4) is 6.07 Å². The first kappa shape index (κ1) is 21.4. The van der Waals surface area contributed by atoms with Gasteiger partial charge in [-0.15, -0.1) is 0 Å². The molecule has 2 amide bonds. The molecule has 0 aliphatic rings. The van der Waals surface area contributed by atoms with Crippen LogP contribution < -0.4 is 10.2 Å². The molecule has 0 atom stereocenters. The number of para-hydroxylation sites is 1. The maximum atomic E-state index is 12.4. The summed E-state index contributed by atoms with van der Waals surface area (Å²) in [4.78, 5) is 37.8. The third-order valence-electron chi connectivity index (χ3n) is 3.68. The number of anilines is 1. The molecule has 2 rings (SSSR count). The van der Waals surface area contributed by atoms with Gasteiger partial charge < -0.3 is 15.0 Å². The number of rotatable bonds is 8. The van der Waals surface area contributed by atoms with Crippen molar-refractivity contribution in [3.63, 3.8) is 0 Å². The third-order valence-corrected chi connectivity index (χ3v) is 4.63. The molecule has 0 heterocycles. The molecule has 1 N–H and O–H groups in total. The van der Waals surface area contributed by atoms with Crippen LogP contribution in [0.5, 0.6) is 0 Å². The van der Waals surface area contributed by atoms with E-state index in [1.165, 1.54) is 4.90 Å². The Morgan fingerprint density at radius 3 is 2.43 bits per heavy atom. The zero-order valence-corrected chi connectivity index (χ0v) is 17.1. The summed E-state index contributed by atoms with van der Waals surface area (Å²) in [6.07, 6.45) is 0.153. The monoisotopic (exact) mass is 491 g/mol. The van der Waals surface area contributed by atoms with Crippen LogP contribution in [0.1, 0.15) is 16.8 Å². The number of amides is 2. The van der Waals surface area contributed by atoms with Gasteiger partial charge in [-0.25, -0.2) is 0 Å². The third kappa shape index (κ3) is 6.35. The van der Waals surface area contributed by atoms with Crippen LogP contribution in [0.4, 0.5) is 5.69 Å². The quantitative estimate of drug-likeness (QED) is 0.452. The fourth-order valence-corrected chi connectivity index (χ4v) is 2.96. The van der Waals surface area contributed by atoms with Crippen molar-refractivity contribution in [1.29, 1.82) is 5.26 Å². The highest BCUT2D eigenvalue weighted by atomic mass is 127. The Hall–Kier alpha value is -2.93. The Labute approximate surface area is 176 Å². The van der Waals surface area contributed by atoms with Crippen molar-refractivity contribution < 1.29 is 19.1 Å². The summed E-state index contributed by atoms with van der Waals surface area (Å²) in [7, 11) is 0. The van der Waals surface area contributed by atoms with Gasteiger partial charge >= 0.3 is 5.97 Å². The molecule has 0 saturated heterocycles. The van der Waals surface area contributed by atoms with Gasteiger partial charge in [0.15, 0.2) is 6.61 Å². The maximum absolute atomic E-state index is 12.4. The molecule has 144 valence electrons. The lowest BCUT2D eigenvalue weighted by atomic mass is 10.2. The summed E-state index contributed by atoms with van der Waals surface area (Å²) >= 11 is 2.03. The Morgan fingerprint density at radius 1 is 1.07 bits per heavy atom. The van der Waals surface area contributed by atoms with Gasteiger partial charge in [0.25, 0.3) is 11.8 Å². The maximum Gasteiger partial charge on any atom is 0.325 e. The summed E-state index contributed by atoms with van der Waals surface area (Å²) < 4.78 is 5.73. The van der Waals surface area contributed by atoms with Gasteiger partial charge in [0.2, 0.25) is 0 Å². The standard InChI is InChI=1S/C20H18IN3O4/c21-17-10-5-4-9-16(17)20(27)23-13-19(26)28-14-18(25)24(12-6-11-22)15-7-2-1-3-8-15/h1-5,7-10H,6,12-14H2,(H,23,27). The molecule has 0 unspecified atom stereocenters. The largest absolute Gasteiger partial charge is 0.454 e. The zero-order chi connectivity index (χ0) is 20.4. The highest BCUT2D eigenvalue weighted by Gasteiger charge is 2.18. The van der Waals surface area contributed by atoms with E-state index in [-0.39, 0.29) is 19.5 Å². The normalized spacial score (nSPS) is 9.86. The number of hydrogen-bond acceptors (Lipinski definition) is 5. The minimum atomic E-state index is -0.721. The molecule has 0 aromatic heterocycles. The van der Waals surface area contributed by atoms with Crippen molar-refractivity contribution in [2.45, 2.75) is 6.42 Å². The van der Waals surface area contributed by atoms with E-state index in [0.29, 0.717) is 11.3 Å². The smallest absolute Gasteiger partial charge is 0.325 e. The van der Waals surface area contributed by atoms with Gasteiger partial charge in [-0.2, -0.15) is 5.26 Å². The Balaban J connectivity index is 1.86. The molecule has 0 spiro atoms. The van der Waals surface area contributed by atoms with Crippen LogP contribution in [0, 0.1) is 14.9 Å². The minimum Gasteiger partial charge on any atom is -0.454 e. The number of esters is 1. The van der Waals surface area contributed by atoms with Crippen molar-refractivity contribution in [2.75, 3.05) is 24.6 Å². The van der Waals surface area contributed by atoms with E-state index in [1.54, 1.807) is 42.5 Å². The van der Waals surface area contributed by atoms with E-state index in [2.05, 4.69) is 5.32 Å². The summed E-state index contributed by atoms with van der Waals surface area (Å²) in [6, 6.07) is 17.8. The minimum absolute atomic E-state index is 0.153. The van der Waals surface area contributed by atoms with E-state index >= 15 is 0 Å². The number of nitrogens with one attached hydrogen (secondary N) is 1. The number of hydrogen-bond donors (Lipinski definition) is 1. The van der Waals surface area contributed by atoms with Crippen LogP contribution in [-0.4, -0.2) is 37.5 Å². The molecule has 0 aliphatic carbocycles. The van der Waals surface area contributed by atoms with E-state index in [9.17, 15) is 14.4 Å². The van der Waals surface area contributed by atoms with Crippen molar-refractivity contribution >= 4 is 46.1 Å². The van der Waals surface area contributed by atoms with Gasteiger partial charge in [-0.1, -0.05) is 30.3 Å². The number of carbonyl (C=O) groups is 3. The van der Waals surface area contributed by atoms with Gasteiger partial charge in [0.05, 0.1) is 18.1 Å². The van der Waals surface area contributed by atoms with Gasteiger partial charge in [0.1, 0.15) is 6.54 Å². The summed E-state index contributed by atoms with van der Waals surface area (Å²) in [6.45, 7) is -0.626. The second-order valence-corrected chi connectivity index (χ2v) is 6.77. The van der Waals surface area contributed by atoms with Crippen LogP contribution in [0.15, 0.2) is 54.6 Å². The molecule has 0 saturated carbocycles. The van der Waals surface area contributed by atoms with Crippen LogP contribution in [0.2, 0.25) is 0 Å². The van der Waals surface area contributed by atoms with E-state index in [0.717, 1.165) is 3.57 Å². The summed E-state index contributed by atoms with van der Waals surface area (Å²) in [5.41, 5.74) is 1.07. The first-order chi connectivity index (χ1) is 13.5. The second kappa shape index (κ2) is 11.0. The Morgan fingerprint density at radius 2 is 1.75 bits per heavy atom. The number of halogens is 1. The number of nitrogens with zero attached hydrogens (tertiary/aromatic N) is 2. The van der Waals surface area contributed by atoms with Gasteiger partial charge in [0, 0.05) is 15.8 Å². The van der Waals surface area contributed by atoms with Crippen LogP contribution >= 0.6 is 22.6 Å². The SMILES string of the molecule is N#CCCN(C(=O)COC(=O)CNC(=O)c1ccccc1I)c1ccccc1. The fourth-order valence-electron chi connectivity index (χ4n) is 2.33. The van der Waals surface area contributed by atoms with Gasteiger partial charge in [-0.3, -0.25) is 14.4 Å². The van der Waals surface area contributed by atoms with Gasteiger partial charge in [-0.05, 0) is 46.9 Å². The van der Waals surface area contributed by atoms with E-state index in [1.807, 2.05) is 40.8 Å². The topological polar surface area (TPSA) is 99.5 Å². The predicted octanol–water partition coefficient (Wildman–Crippen LogP) is 2.51. The highest BCUT2D eigenvalue weighted by Crippen LogP contribution is 2.14. The average molecular weight is 491 g/mol. The zero-order valence-electron chi connectivity index (χ0n) is 14.9. The second-order valence-electron chi connectivity index (χ2n) is 5.61. The van der Waals surface area contributed by atoms with Crippen molar-refractivity contribution in [3.05, 3.63) is 63.7 Å². The lowest BCUT2D eigenvalue weighted by Crippen LogP contribution is -2.37. The predicted molar refractivity (Wildman–Crippen MR) is 111 cm³/mol. The van der Waals surface area contributed by atoms with E-state index in [4.69, 9.17) is 10.00 Å². The molecule has 0 fully saturated rings. The molecular formula is C20H18IN3O4. The van der Waals surface area contributed by atoms with E-state index < -0.39 is 24.4 Å². The first-order valence-electron chi connectivity index (χ1n) is 8.43. The highest BCUT2D eigenvalue weighted by molar-refractivity contribution is 14.1. The first-order valence-corrected chi connectivity index (χ1v) is 9.51. The number of carbonyl (C=O) groups excluding carboxylic acids is 3. The van der Waals surface area contributed by atoms with Crippen LogP contribution in [-0.2, 0) is 14.3 Å². The number of ether oxygens (including phenoxy) is 1. The molecule has 0 bridgehead atoms. The molecule has 7 nitrogen and oxygen atoms in total. The summed E-state index contributed by atoms with van der Waals surface area (Å²) in [5.74, 6) is -1.56. The summed E-state index contributed by atoms with van der Waals surface area (Å²) in [5, 5.41) is 11.3. The molecule has 28 heavy (non-hydrogen) atoms. The van der Waals surface area contributed by atoms with Crippen LogP contribution in [0.25, 0.3) is 0 Å². The van der Waals surface area contributed by atoms with Crippen molar-refractivity contribution in [1.82, 2.24) is 5.32 Å². The lowest BCUT2D eigenvalue weighted by Gasteiger charge is -2.21. The number of benzene rings is 2. The number of nitriles is 1. The molecular weight excluding hydrogens is 473 g/mol. The van der Waals surface area contributed by atoms with Crippen molar-refractivity contribution in [2.24, 2.45) is 0 Å². The molecule has 2 aromatic rings. The Bertz CT molecular complexity index is 881. The average Bonchev–Trinajstić information content (AvgIpc) is 2.72. The molecule has 8 heteroatoms. The molecule has 0 radical (unpaired) electrons. The Kier molecular flexibility index (Phi) is 8.42. The molecule has 2 aromatic carbocycles. The molecule has 0 aliphatic heterocycles.